The molecule has 0 amide bonds. The highest BCUT2D eigenvalue weighted by Gasteiger charge is 2.27. The number of isothiocyanates is 2. The van der Waals surface area contributed by atoms with Crippen molar-refractivity contribution in [3.8, 4) is 17.2 Å². The van der Waals surface area contributed by atoms with E-state index in [0.29, 0.717) is 64.4 Å². The monoisotopic (exact) mass is 1170 g/mol. The number of fused-ring (bicyclic) bond motifs is 3. The van der Waals surface area contributed by atoms with Gasteiger partial charge in [0.05, 0.1) is 67.6 Å². The van der Waals surface area contributed by atoms with E-state index in [1.54, 1.807) is 110 Å². The van der Waals surface area contributed by atoms with Gasteiger partial charge in [0.1, 0.15) is 31.9 Å². The molecule has 0 radical (unpaired) electrons. The molecule has 17 nitrogen and oxygen atoms in total. The van der Waals surface area contributed by atoms with E-state index >= 15 is 0 Å². The van der Waals surface area contributed by atoms with Crippen molar-refractivity contribution in [2.75, 3.05) is 7.11 Å². The maximum atomic E-state index is 12.6. The molecule has 0 saturated carbocycles. The van der Waals surface area contributed by atoms with E-state index in [0.717, 1.165) is 20.7 Å². The minimum absolute atomic E-state index is 0.165. The van der Waals surface area contributed by atoms with Crippen LogP contribution in [0.25, 0.3) is 44.2 Å². The maximum absolute atomic E-state index is 12.6. The van der Waals surface area contributed by atoms with E-state index in [-0.39, 0.29) is 5.15 Å². The molecule has 4 aromatic carbocycles. The number of carbonyl (C=O) groups is 3. The lowest BCUT2D eigenvalue weighted by Gasteiger charge is -2.19. The largest absolute Gasteiger partial charge is 0.497 e. The summed E-state index contributed by atoms with van der Waals surface area (Å²) in [5.41, 5.74) is 2.39. The number of aromatic nitrogens is 6. The summed E-state index contributed by atoms with van der Waals surface area (Å²) in [6.45, 7) is 19.7. The Bertz CT molecular complexity index is 3530. The Balaban J connectivity index is 0.000000182. The summed E-state index contributed by atoms with van der Waals surface area (Å²) < 4.78 is 31.3. The van der Waals surface area contributed by atoms with E-state index in [4.69, 9.17) is 47.2 Å². The summed E-state index contributed by atoms with van der Waals surface area (Å²) in [5.74, 6) is 3.75. The lowest BCUT2D eigenvalue weighted by atomic mass is 10.1. The molecular weight excluding hydrogens is 1130 g/mol. The van der Waals surface area contributed by atoms with Gasteiger partial charge in [-0.3, -0.25) is 0 Å². The number of nitrogens with zero attached hydrogens (tertiary/aromatic N) is 9. The Morgan fingerprint density at radius 1 is 0.699 bits per heavy atom. The summed E-state index contributed by atoms with van der Waals surface area (Å²) in [6.07, 6.45) is -0.119. The summed E-state index contributed by atoms with van der Waals surface area (Å²) in [7, 11) is 1.61. The summed E-state index contributed by atoms with van der Waals surface area (Å²) >= 11 is 19.4. The maximum Gasteiger partial charge on any atom is 0.435 e. The van der Waals surface area contributed by atoms with Crippen LogP contribution >= 0.6 is 70.4 Å². The molecule has 0 bridgehead atoms. The summed E-state index contributed by atoms with van der Waals surface area (Å²) in [4.78, 5) is 50.9. The second-order valence-electron chi connectivity index (χ2n) is 18.3. The SMILES string of the molecule is C=C=Nc1ccc2c(c1)c(I)nn2C(=O)OC(C)(C)C.CC(C)(C)OC(=O)n1nc(-c2ccco2)c2cc(N=C=S)ccc21.COc1cccc(Sc2c(N=C=S)ccc3c2c(Cl)nn3C(=O)OC(C)(C)C)c1. The molecule has 0 spiro atoms. The third-order valence-corrected chi connectivity index (χ3v) is 11.6. The van der Waals surface area contributed by atoms with Crippen LogP contribution in [0.5, 0.6) is 5.75 Å². The molecule has 0 fully saturated rings. The number of ether oxygens (including phenoxy) is 4. The number of hydrogen-bond acceptors (Lipinski definition) is 17. The number of benzene rings is 4. The number of methoxy groups -OCH3 is 1. The second-order valence-corrected chi connectivity index (χ2v) is 21.1. The minimum Gasteiger partial charge on any atom is -0.497 e. The van der Waals surface area contributed by atoms with E-state index in [2.05, 4.69) is 87.9 Å². The molecule has 8 aromatic rings. The Hall–Kier alpha value is -6.80. The fraction of sp³-hybridized carbons (Fsp3) is 0.255. The minimum atomic E-state index is -0.665. The van der Waals surface area contributed by atoms with Crippen molar-refractivity contribution >= 4 is 155 Å². The molecule has 4 heterocycles. The second kappa shape index (κ2) is 23.4. The molecule has 0 saturated heterocycles. The molecule has 0 N–H and O–H groups in total. The predicted molar refractivity (Wildman–Crippen MR) is 299 cm³/mol. The Morgan fingerprint density at radius 2 is 1.25 bits per heavy atom. The molecule has 22 heteroatoms. The van der Waals surface area contributed by atoms with Crippen molar-refractivity contribution in [2.24, 2.45) is 15.0 Å². The number of thiocarbonyl (C=S) groups is 2. The average molecular weight is 1170 g/mol. The molecule has 0 atom stereocenters. The highest BCUT2D eigenvalue weighted by atomic mass is 127. The van der Waals surface area contributed by atoms with Crippen molar-refractivity contribution in [3.05, 3.63) is 107 Å². The van der Waals surface area contributed by atoms with Crippen LogP contribution in [0, 0.1) is 3.70 Å². The number of hydrogen-bond donors (Lipinski definition) is 0. The zero-order chi connectivity index (χ0) is 53.4. The fourth-order valence-corrected chi connectivity index (χ4v) is 8.79. The first-order valence-electron chi connectivity index (χ1n) is 21.8. The quantitative estimate of drug-likeness (QED) is 0.0633. The van der Waals surface area contributed by atoms with Crippen molar-refractivity contribution in [2.45, 2.75) is 88.9 Å². The van der Waals surface area contributed by atoms with Gasteiger partial charge in [0.25, 0.3) is 0 Å². The third kappa shape index (κ3) is 14.2. The van der Waals surface area contributed by atoms with E-state index in [1.807, 2.05) is 51.1 Å². The number of furan rings is 1. The van der Waals surface area contributed by atoms with Gasteiger partial charge in [-0.2, -0.15) is 34.2 Å². The van der Waals surface area contributed by atoms with Crippen LogP contribution in [0.3, 0.4) is 0 Å². The molecule has 8 rings (SSSR count). The first kappa shape index (κ1) is 55.5. The number of aliphatic imine (C=N–C) groups is 3. The topological polar surface area (TPSA) is 192 Å². The van der Waals surface area contributed by atoms with Crippen LogP contribution < -0.4 is 4.74 Å². The standard InChI is InChI=1S/C20H18ClN3O3S2.C17H15N3O3S.C14H14IN3O2/c1-20(2,3)27-19(25)24-15-9-8-14(22-11-28)17(16(15)18(21)23-24)29-13-7-5-6-12(10-13)26-4;1-17(2,3)23-16(21)20-13-7-6-11(18-10-24)9-12(13)15(19-20)14-5-4-8-22-14;1-5-16-9-6-7-11-10(8-9)12(15)17-18(11)13(19)20-14(2,3)4/h5-10H,1-4H3;4-9H,1-3H3;6-8H,1H2,2-4H3. The average Bonchev–Trinajstić information content (AvgIpc) is 4.11. The molecule has 4 aromatic heterocycles. The zero-order valence-corrected chi connectivity index (χ0v) is 46.5. The number of halogens is 2. The van der Waals surface area contributed by atoms with Crippen molar-refractivity contribution < 1.29 is 37.7 Å². The van der Waals surface area contributed by atoms with Gasteiger partial charge >= 0.3 is 18.3 Å². The van der Waals surface area contributed by atoms with Gasteiger partial charge in [0.2, 0.25) is 0 Å². The normalized spacial score (nSPS) is 11.2. The van der Waals surface area contributed by atoms with Crippen LogP contribution in [0.1, 0.15) is 62.3 Å². The molecular formula is C51H47ClIN9O8S3. The summed E-state index contributed by atoms with van der Waals surface area (Å²) in [6, 6.07) is 25.2. The first-order chi connectivity index (χ1) is 34.4. The Kier molecular flexibility index (Phi) is 17.8. The summed E-state index contributed by atoms with van der Waals surface area (Å²) in [5, 5.41) is 19.8. The lowest BCUT2D eigenvalue weighted by molar-refractivity contribution is 0.0511. The third-order valence-electron chi connectivity index (χ3n) is 9.28. The molecule has 376 valence electrons. The van der Waals surface area contributed by atoms with Gasteiger partial charge < -0.3 is 23.4 Å². The molecule has 0 aliphatic carbocycles. The van der Waals surface area contributed by atoms with E-state index in [9.17, 15) is 14.4 Å². The smallest absolute Gasteiger partial charge is 0.435 e. The highest BCUT2D eigenvalue weighted by Crippen LogP contribution is 2.44. The van der Waals surface area contributed by atoms with Gasteiger partial charge in [-0.1, -0.05) is 29.4 Å². The van der Waals surface area contributed by atoms with Crippen LogP contribution in [-0.4, -0.2) is 87.7 Å². The molecule has 73 heavy (non-hydrogen) atoms. The van der Waals surface area contributed by atoms with Crippen molar-refractivity contribution in [3.63, 3.8) is 0 Å². The van der Waals surface area contributed by atoms with Crippen LogP contribution in [0.2, 0.25) is 5.15 Å². The fourth-order valence-electron chi connectivity index (χ4n) is 6.54. The van der Waals surface area contributed by atoms with Gasteiger partial charge in [-0.25, -0.2) is 19.4 Å². The highest BCUT2D eigenvalue weighted by molar-refractivity contribution is 14.1. The van der Waals surface area contributed by atoms with Crippen LogP contribution in [0.15, 0.2) is 127 Å². The molecule has 0 aliphatic rings. The zero-order valence-electron chi connectivity index (χ0n) is 41.1. The van der Waals surface area contributed by atoms with Gasteiger partial charge in [-0.15, -0.1) is 5.10 Å². The Morgan fingerprint density at radius 3 is 1.79 bits per heavy atom. The van der Waals surface area contributed by atoms with E-state index < -0.39 is 35.1 Å². The lowest BCUT2D eigenvalue weighted by Crippen LogP contribution is -2.27. The van der Waals surface area contributed by atoms with Gasteiger partial charge in [0.15, 0.2) is 10.9 Å². The van der Waals surface area contributed by atoms with Crippen LogP contribution in [-0.2, 0) is 14.2 Å². The van der Waals surface area contributed by atoms with E-state index in [1.165, 1.54) is 21.1 Å². The molecule has 0 unspecified atom stereocenters. The Labute approximate surface area is 453 Å². The van der Waals surface area contributed by atoms with Crippen molar-refractivity contribution in [1.29, 1.82) is 0 Å². The molecule has 0 aliphatic heterocycles. The number of carbonyl (C=O) groups excluding carboxylic acids is 3. The van der Waals surface area contributed by atoms with Crippen LogP contribution in [0.4, 0.5) is 31.4 Å². The van der Waals surface area contributed by atoms with Gasteiger partial charge in [-0.05, 0) is 201 Å². The first-order valence-corrected chi connectivity index (χ1v) is 24.9. The van der Waals surface area contributed by atoms with Crippen molar-refractivity contribution in [1.82, 2.24) is 29.3 Å². The number of rotatable bonds is 7. The predicted octanol–water partition coefficient (Wildman–Crippen LogP) is 15.1. The van der Waals surface area contributed by atoms with Gasteiger partial charge in [0, 0.05) is 15.7 Å².